The van der Waals surface area contributed by atoms with Crippen LogP contribution in [-0.4, -0.2) is 18.0 Å². The molecule has 0 radical (unpaired) electrons. The second kappa shape index (κ2) is 2.74. The third-order valence-corrected chi connectivity index (χ3v) is 3.00. The van der Waals surface area contributed by atoms with E-state index in [4.69, 9.17) is 0 Å². The molecule has 0 aliphatic heterocycles. The van der Waals surface area contributed by atoms with Crippen molar-refractivity contribution in [1.29, 1.82) is 0 Å². The van der Waals surface area contributed by atoms with Gasteiger partial charge in [-0.3, -0.25) is 0 Å². The first-order chi connectivity index (χ1) is 5.00. The summed E-state index contributed by atoms with van der Waals surface area (Å²) in [5.74, 6) is 8.09. The van der Waals surface area contributed by atoms with Crippen LogP contribution in [0.3, 0.4) is 0 Å². The van der Waals surface area contributed by atoms with Crippen molar-refractivity contribution in [2.45, 2.75) is 11.8 Å². The Bertz CT molecular complexity index is 328. The van der Waals surface area contributed by atoms with E-state index in [1.165, 1.54) is 10.5 Å². The summed E-state index contributed by atoms with van der Waals surface area (Å²) in [7, 11) is -1.02. The van der Waals surface area contributed by atoms with E-state index in [2.05, 4.69) is 49.2 Å². The van der Waals surface area contributed by atoms with Gasteiger partial charge < -0.3 is 0 Å². The molecular weight excluding hydrogens is 152 g/mol. The Morgan fingerprint density at radius 1 is 1.09 bits per heavy atom. The minimum atomic E-state index is -1.02. The normalized spacial score (nSPS) is 11.5. The van der Waals surface area contributed by atoms with Crippen molar-refractivity contribution in [3.8, 4) is 0 Å². The van der Waals surface area contributed by atoms with Gasteiger partial charge in [0.1, 0.15) is 0 Å². The van der Waals surface area contributed by atoms with Crippen LogP contribution in [0.5, 0.6) is 0 Å². The number of rotatable bonds is 1. The summed E-state index contributed by atoms with van der Waals surface area (Å²) in [5, 5.41) is 0. The van der Waals surface area contributed by atoms with Crippen LogP contribution in [0.4, 0.5) is 0 Å². The van der Waals surface area contributed by atoms with Gasteiger partial charge in [-0.05, 0) is 30.2 Å². The molecule has 0 aliphatic carbocycles. The average molecular weight is 166 g/mol. The van der Waals surface area contributed by atoms with Crippen molar-refractivity contribution in [1.82, 2.24) is 0 Å². The second-order valence-electron chi connectivity index (χ2n) is 3.09. The van der Waals surface area contributed by atoms with Crippen molar-refractivity contribution in [3.05, 3.63) is 29.8 Å². The molecule has 0 saturated carbocycles. The standard InChI is InChI=1S/C10H14S/c1-9-5-7-10(8-6-9)11(2,3)4/h5-8H,2-3H2,1,4H3. The molecule has 1 aromatic carbocycles. The molecule has 60 valence electrons. The molecule has 0 bridgehead atoms. The maximum Gasteiger partial charge on any atom is -0.00415 e. The van der Waals surface area contributed by atoms with Crippen molar-refractivity contribution < 1.29 is 0 Å². The summed E-state index contributed by atoms with van der Waals surface area (Å²) in [6, 6.07) is 8.45. The molecule has 0 aliphatic rings. The van der Waals surface area contributed by atoms with Gasteiger partial charge in [0.2, 0.25) is 0 Å². The lowest BCUT2D eigenvalue weighted by Gasteiger charge is -2.07. The van der Waals surface area contributed by atoms with E-state index in [-0.39, 0.29) is 0 Å². The fourth-order valence-corrected chi connectivity index (χ4v) is 1.66. The van der Waals surface area contributed by atoms with Crippen molar-refractivity contribution in [2.24, 2.45) is 0 Å². The Hall–Kier alpha value is -0.690. The minimum absolute atomic E-state index is 1.02. The number of hydrogen-bond donors (Lipinski definition) is 0. The van der Waals surface area contributed by atoms with Crippen molar-refractivity contribution >= 4 is 20.9 Å². The Labute approximate surface area is 69.4 Å². The minimum Gasteiger partial charge on any atom is -0.190 e. The predicted octanol–water partition coefficient (Wildman–Crippen LogP) is 2.65. The van der Waals surface area contributed by atoms with E-state index in [1.807, 2.05) is 0 Å². The summed E-state index contributed by atoms with van der Waals surface area (Å²) >= 11 is 0. The third-order valence-electron chi connectivity index (χ3n) is 1.59. The SMILES string of the molecule is C=S(=C)(C)c1ccc(C)cc1. The summed E-state index contributed by atoms with van der Waals surface area (Å²) in [6.45, 7) is 2.09. The van der Waals surface area contributed by atoms with E-state index >= 15 is 0 Å². The summed E-state index contributed by atoms with van der Waals surface area (Å²) < 4.78 is 0. The Morgan fingerprint density at radius 3 is 1.91 bits per heavy atom. The molecule has 0 fully saturated rings. The van der Waals surface area contributed by atoms with Gasteiger partial charge in [-0.15, -0.1) is 0 Å². The van der Waals surface area contributed by atoms with Crippen LogP contribution in [0.2, 0.25) is 0 Å². The average Bonchev–Trinajstić information content (AvgIpc) is 1.86. The topological polar surface area (TPSA) is 0 Å². The zero-order chi connectivity index (χ0) is 8.48. The maximum atomic E-state index is 4.04. The molecule has 0 heterocycles. The zero-order valence-corrected chi connectivity index (χ0v) is 7.95. The Morgan fingerprint density at radius 2 is 1.55 bits per heavy atom. The van der Waals surface area contributed by atoms with Crippen LogP contribution >= 0.6 is 9.21 Å². The molecule has 0 amide bonds. The molecule has 0 unspecified atom stereocenters. The summed E-state index contributed by atoms with van der Waals surface area (Å²) in [6.07, 6.45) is 2.09. The maximum absolute atomic E-state index is 4.04. The second-order valence-corrected chi connectivity index (χ2v) is 6.11. The number of hydrogen-bond acceptors (Lipinski definition) is 0. The van der Waals surface area contributed by atoms with Gasteiger partial charge in [-0.25, -0.2) is 0 Å². The largest absolute Gasteiger partial charge is 0.190 e. The van der Waals surface area contributed by atoms with Crippen molar-refractivity contribution in [2.75, 3.05) is 6.26 Å². The van der Waals surface area contributed by atoms with Crippen LogP contribution in [0, 0.1) is 6.92 Å². The van der Waals surface area contributed by atoms with Crippen LogP contribution < -0.4 is 0 Å². The smallest absolute Gasteiger partial charge is 0.00415 e. The molecule has 0 spiro atoms. The highest BCUT2D eigenvalue weighted by molar-refractivity contribution is 8.27. The van der Waals surface area contributed by atoms with Crippen LogP contribution in [0.15, 0.2) is 29.2 Å². The van der Waals surface area contributed by atoms with E-state index in [9.17, 15) is 0 Å². The predicted molar refractivity (Wildman–Crippen MR) is 57.2 cm³/mol. The van der Waals surface area contributed by atoms with Gasteiger partial charge in [0.25, 0.3) is 0 Å². The number of benzene rings is 1. The fraction of sp³-hybridized carbons (Fsp3) is 0.200. The van der Waals surface area contributed by atoms with Crippen LogP contribution in [-0.2, 0) is 0 Å². The Balaban J connectivity index is 3.20. The third kappa shape index (κ3) is 2.12. The highest BCUT2D eigenvalue weighted by Crippen LogP contribution is 2.26. The van der Waals surface area contributed by atoms with Crippen LogP contribution in [0.25, 0.3) is 0 Å². The first-order valence-electron chi connectivity index (χ1n) is 3.51. The molecule has 1 aromatic rings. The molecule has 0 N–H and O–H groups in total. The highest BCUT2D eigenvalue weighted by Gasteiger charge is 1.92. The molecule has 11 heavy (non-hydrogen) atoms. The quantitative estimate of drug-likeness (QED) is 0.563. The molecule has 1 heteroatoms. The highest BCUT2D eigenvalue weighted by atomic mass is 32.2. The van der Waals surface area contributed by atoms with Gasteiger partial charge in [0, 0.05) is 0 Å². The first kappa shape index (κ1) is 8.41. The summed E-state index contributed by atoms with van der Waals surface area (Å²) in [4.78, 5) is 1.27. The van der Waals surface area contributed by atoms with Crippen LogP contribution in [0.1, 0.15) is 5.56 Å². The fourth-order valence-electron chi connectivity index (χ4n) is 0.867. The Kier molecular flexibility index (Phi) is 2.10. The van der Waals surface area contributed by atoms with E-state index in [1.54, 1.807) is 0 Å². The number of aryl methyl sites for hydroxylation is 1. The molecule has 0 atom stereocenters. The van der Waals surface area contributed by atoms with E-state index < -0.39 is 9.21 Å². The van der Waals surface area contributed by atoms with Gasteiger partial charge in [0.05, 0.1) is 0 Å². The van der Waals surface area contributed by atoms with Gasteiger partial charge >= 0.3 is 0 Å². The lowest BCUT2D eigenvalue weighted by atomic mass is 10.2. The van der Waals surface area contributed by atoms with Gasteiger partial charge in [-0.2, -0.15) is 9.21 Å². The first-order valence-corrected chi connectivity index (χ1v) is 5.89. The lowest BCUT2D eigenvalue weighted by Crippen LogP contribution is -1.77. The monoisotopic (exact) mass is 166 g/mol. The molecule has 0 saturated heterocycles. The molecule has 0 nitrogen and oxygen atoms in total. The molecule has 1 rings (SSSR count). The molecular formula is C10H14S. The van der Waals surface area contributed by atoms with Gasteiger partial charge in [-0.1, -0.05) is 29.4 Å². The van der Waals surface area contributed by atoms with Gasteiger partial charge in [0.15, 0.2) is 0 Å². The molecule has 0 aromatic heterocycles. The summed E-state index contributed by atoms with van der Waals surface area (Å²) in [5.41, 5.74) is 1.29. The lowest BCUT2D eigenvalue weighted by molar-refractivity contribution is 1.38. The zero-order valence-electron chi connectivity index (χ0n) is 7.13. The van der Waals surface area contributed by atoms with E-state index in [0.717, 1.165) is 0 Å². The van der Waals surface area contributed by atoms with E-state index in [0.29, 0.717) is 0 Å². The van der Waals surface area contributed by atoms with Crippen molar-refractivity contribution in [3.63, 3.8) is 0 Å².